The van der Waals surface area contributed by atoms with Crippen LogP contribution in [0.25, 0.3) is 0 Å². The lowest BCUT2D eigenvalue weighted by Gasteiger charge is -2.12. The summed E-state index contributed by atoms with van der Waals surface area (Å²) < 4.78 is 0. The van der Waals surface area contributed by atoms with E-state index in [0.29, 0.717) is 12.0 Å². The fourth-order valence-corrected chi connectivity index (χ4v) is 3.07. The van der Waals surface area contributed by atoms with Crippen LogP contribution >= 0.6 is 0 Å². The van der Waals surface area contributed by atoms with Crippen LogP contribution < -0.4 is 0 Å². The molecule has 1 atom stereocenters. The molecule has 1 rings (SSSR count). The molecule has 0 saturated heterocycles. The van der Waals surface area contributed by atoms with E-state index in [0.717, 1.165) is 12.8 Å². The standard InChI is InChI=1S/C21H34O3/c1-3-4-5-6-7-8-9-10-11-12-13-20(23)17(2)19-15-14-18(22)16-21(19)24/h14-17,22,24H,3-13H2,1-2H3. The van der Waals surface area contributed by atoms with E-state index < -0.39 is 0 Å². The summed E-state index contributed by atoms with van der Waals surface area (Å²) in [5.41, 5.74) is 0.602. The molecule has 1 aromatic carbocycles. The van der Waals surface area contributed by atoms with Crippen molar-refractivity contribution in [2.75, 3.05) is 0 Å². The summed E-state index contributed by atoms with van der Waals surface area (Å²) >= 11 is 0. The molecule has 136 valence electrons. The number of hydrogen-bond donors (Lipinski definition) is 2. The SMILES string of the molecule is CCCCCCCCCCCCC(=O)C(C)c1ccc(O)cc1O. The first-order valence-electron chi connectivity index (χ1n) is 9.60. The molecule has 0 heterocycles. The number of phenolic OH excluding ortho intramolecular Hbond substituents is 2. The maximum Gasteiger partial charge on any atom is 0.140 e. The molecule has 0 aliphatic carbocycles. The van der Waals surface area contributed by atoms with Crippen LogP contribution in [0.2, 0.25) is 0 Å². The average Bonchev–Trinajstić information content (AvgIpc) is 2.55. The van der Waals surface area contributed by atoms with Gasteiger partial charge in [-0.3, -0.25) is 4.79 Å². The van der Waals surface area contributed by atoms with Gasteiger partial charge in [0.1, 0.15) is 17.3 Å². The van der Waals surface area contributed by atoms with E-state index in [1.54, 1.807) is 6.07 Å². The number of unbranched alkanes of at least 4 members (excludes halogenated alkanes) is 9. The van der Waals surface area contributed by atoms with Crippen LogP contribution in [0.15, 0.2) is 18.2 Å². The number of hydrogen-bond acceptors (Lipinski definition) is 3. The molecule has 24 heavy (non-hydrogen) atoms. The number of ketones is 1. The normalized spacial score (nSPS) is 12.2. The highest BCUT2D eigenvalue weighted by Crippen LogP contribution is 2.30. The van der Waals surface area contributed by atoms with Gasteiger partial charge in [0, 0.05) is 24.0 Å². The van der Waals surface area contributed by atoms with Gasteiger partial charge in [-0.05, 0) is 12.5 Å². The van der Waals surface area contributed by atoms with Crippen molar-refractivity contribution in [1.29, 1.82) is 0 Å². The highest BCUT2D eigenvalue weighted by Gasteiger charge is 2.18. The minimum atomic E-state index is -0.316. The fourth-order valence-electron chi connectivity index (χ4n) is 3.07. The lowest BCUT2D eigenvalue weighted by Crippen LogP contribution is -2.09. The van der Waals surface area contributed by atoms with Crippen LogP contribution in [0.1, 0.15) is 96.0 Å². The Balaban J connectivity index is 2.13. The third kappa shape index (κ3) is 7.85. The van der Waals surface area contributed by atoms with E-state index >= 15 is 0 Å². The summed E-state index contributed by atoms with van der Waals surface area (Å²) in [7, 11) is 0. The number of carbonyl (C=O) groups excluding carboxylic acids is 1. The van der Waals surface area contributed by atoms with Gasteiger partial charge in [-0.15, -0.1) is 0 Å². The second kappa shape index (κ2) is 11.9. The summed E-state index contributed by atoms with van der Waals surface area (Å²) in [6.07, 6.45) is 13.1. The van der Waals surface area contributed by atoms with Gasteiger partial charge in [-0.2, -0.15) is 0 Å². The van der Waals surface area contributed by atoms with E-state index in [-0.39, 0.29) is 23.2 Å². The maximum atomic E-state index is 12.2. The third-order valence-electron chi connectivity index (χ3n) is 4.74. The van der Waals surface area contributed by atoms with Gasteiger partial charge in [0.25, 0.3) is 0 Å². The largest absolute Gasteiger partial charge is 0.508 e. The van der Waals surface area contributed by atoms with Gasteiger partial charge in [0.05, 0.1) is 0 Å². The Morgan fingerprint density at radius 1 is 0.917 bits per heavy atom. The van der Waals surface area contributed by atoms with Gasteiger partial charge >= 0.3 is 0 Å². The smallest absolute Gasteiger partial charge is 0.140 e. The van der Waals surface area contributed by atoms with E-state index in [2.05, 4.69) is 6.92 Å². The molecule has 2 N–H and O–H groups in total. The second-order valence-electron chi connectivity index (χ2n) is 6.86. The van der Waals surface area contributed by atoms with E-state index in [9.17, 15) is 15.0 Å². The molecule has 3 heteroatoms. The Labute approximate surface area is 147 Å². The maximum absolute atomic E-state index is 12.2. The number of Topliss-reactive ketones (excluding diaryl/α,β-unsaturated/α-hetero) is 1. The van der Waals surface area contributed by atoms with Crippen LogP contribution in [-0.4, -0.2) is 16.0 Å². The molecule has 0 aliphatic rings. The highest BCUT2D eigenvalue weighted by molar-refractivity contribution is 5.86. The van der Waals surface area contributed by atoms with Crippen molar-refractivity contribution in [2.24, 2.45) is 0 Å². The Hall–Kier alpha value is -1.51. The minimum absolute atomic E-state index is 0.000997. The Morgan fingerprint density at radius 3 is 2.00 bits per heavy atom. The highest BCUT2D eigenvalue weighted by atomic mass is 16.3. The van der Waals surface area contributed by atoms with Crippen LogP contribution in [-0.2, 0) is 4.79 Å². The van der Waals surface area contributed by atoms with Crippen molar-refractivity contribution in [3.8, 4) is 11.5 Å². The monoisotopic (exact) mass is 334 g/mol. The van der Waals surface area contributed by atoms with E-state index in [1.165, 1.54) is 63.5 Å². The first kappa shape index (κ1) is 20.5. The molecule has 0 saturated carbocycles. The van der Waals surface area contributed by atoms with Gasteiger partial charge < -0.3 is 10.2 Å². The first-order valence-corrected chi connectivity index (χ1v) is 9.60. The molecular weight excluding hydrogens is 300 g/mol. The van der Waals surface area contributed by atoms with Crippen molar-refractivity contribution in [2.45, 2.75) is 90.4 Å². The molecule has 0 aromatic heterocycles. The van der Waals surface area contributed by atoms with Crippen molar-refractivity contribution in [3.05, 3.63) is 23.8 Å². The van der Waals surface area contributed by atoms with Crippen molar-refractivity contribution >= 4 is 5.78 Å². The van der Waals surface area contributed by atoms with Crippen molar-refractivity contribution in [3.63, 3.8) is 0 Å². The van der Waals surface area contributed by atoms with Gasteiger partial charge in [0.15, 0.2) is 0 Å². The molecule has 0 bridgehead atoms. The molecule has 1 unspecified atom stereocenters. The van der Waals surface area contributed by atoms with Crippen LogP contribution in [0.3, 0.4) is 0 Å². The van der Waals surface area contributed by atoms with Crippen molar-refractivity contribution < 1.29 is 15.0 Å². The predicted molar refractivity (Wildman–Crippen MR) is 99.7 cm³/mol. The Morgan fingerprint density at radius 2 is 1.46 bits per heavy atom. The number of phenols is 2. The fraction of sp³-hybridized carbons (Fsp3) is 0.667. The lowest BCUT2D eigenvalue weighted by molar-refractivity contribution is -0.120. The molecule has 0 spiro atoms. The average molecular weight is 334 g/mol. The van der Waals surface area contributed by atoms with Crippen LogP contribution in [0.5, 0.6) is 11.5 Å². The van der Waals surface area contributed by atoms with Gasteiger partial charge in [-0.25, -0.2) is 0 Å². The summed E-state index contributed by atoms with van der Waals surface area (Å²) in [5, 5.41) is 19.2. The van der Waals surface area contributed by atoms with Crippen LogP contribution in [0.4, 0.5) is 0 Å². The second-order valence-corrected chi connectivity index (χ2v) is 6.86. The summed E-state index contributed by atoms with van der Waals surface area (Å²) in [6, 6.07) is 4.44. The summed E-state index contributed by atoms with van der Waals surface area (Å²) in [6.45, 7) is 4.07. The molecule has 0 fully saturated rings. The zero-order valence-corrected chi connectivity index (χ0v) is 15.4. The zero-order valence-electron chi connectivity index (χ0n) is 15.4. The van der Waals surface area contributed by atoms with Gasteiger partial charge in [-0.1, -0.05) is 77.7 Å². The topological polar surface area (TPSA) is 57.5 Å². The number of aromatic hydroxyl groups is 2. The molecule has 1 aromatic rings. The number of rotatable bonds is 13. The Bertz CT molecular complexity index is 482. The number of carbonyl (C=O) groups is 1. The summed E-state index contributed by atoms with van der Waals surface area (Å²) in [5.74, 6) is -0.135. The molecule has 0 aliphatic heterocycles. The molecule has 3 nitrogen and oxygen atoms in total. The first-order chi connectivity index (χ1) is 11.6. The van der Waals surface area contributed by atoms with E-state index in [4.69, 9.17) is 0 Å². The van der Waals surface area contributed by atoms with E-state index in [1.807, 2.05) is 6.92 Å². The van der Waals surface area contributed by atoms with Crippen molar-refractivity contribution in [1.82, 2.24) is 0 Å². The molecular formula is C21H34O3. The van der Waals surface area contributed by atoms with Crippen LogP contribution in [0, 0.1) is 0 Å². The molecule has 0 radical (unpaired) electrons. The zero-order chi connectivity index (χ0) is 17.8. The summed E-state index contributed by atoms with van der Waals surface area (Å²) in [4.78, 5) is 12.2. The lowest BCUT2D eigenvalue weighted by atomic mass is 9.92. The van der Waals surface area contributed by atoms with Gasteiger partial charge in [0.2, 0.25) is 0 Å². The quantitative estimate of drug-likeness (QED) is 0.430. The number of benzene rings is 1. The predicted octanol–water partition coefficient (Wildman–Crippen LogP) is 6.08. The Kier molecular flexibility index (Phi) is 10.2. The minimum Gasteiger partial charge on any atom is -0.508 e. The third-order valence-corrected chi connectivity index (χ3v) is 4.74. The molecule has 0 amide bonds.